The average Bonchev–Trinajstić information content (AvgIpc) is 2.70. The van der Waals surface area contributed by atoms with Crippen LogP contribution in [0.3, 0.4) is 0 Å². The van der Waals surface area contributed by atoms with Gasteiger partial charge in [-0.3, -0.25) is 0 Å². The predicted octanol–water partition coefficient (Wildman–Crippen LogP) is 2.03. The minimum absolute atomic E-state index is 0.578. The SMILES string of the molecule is C[C@H](O)c1cn(Cc2ccc(Cl)cc2)nn1. The van der Waals surface area contributed by atoms with Crippen LogP contribution in [0.5, 0.6) is 0 Å². The molecule has 5 heteroatoms. The number of nitrogens with zero attached hydrogens (tertiary/aromatic N) is 3. The first-order valence-corrected chi connectivity index (χ1v) is 5.35. The van der Waals surface area contributed by atoms with Crippen molar-refractivity contribution in [1.29, 1.82) is 0 Å². The lowest BCUT2D eigenvalue weighted by molar-refractivity contribution is 0.194. The molecule has 1 N–H and O–H groups in total. The lowest BCUT2D eigenvalue weighted by Gasteiger charge is -2.00. The van der Waals surface area contributed by atoms with Crippen LogP contribution >= 0.6 is 11.6 Å². The molecule has 0 spiro atoms. The van der Waals surface area contributed by atoms with Crippen molar-refractivity contribution < 1.29 is 5.11 Å². The Kier molecular flexibility index (Phi) is 3.22. The molecule has 0 saturated carbocycles. The average molecular weight is 238 g/mol. The number of aliphatic hydroxyl groups is 1. The maximum absolute atomic E-state index is 9.31. The molecule has 4 nitrogen and oxygen atoms in total. The number of benzene rings is 1. The molecule has 0 aliphatic rings. The molecule has 1 aromatic carbocycles. The largest absolute Gasteiger partial charge is 0.387 e. The van der Waals surface area contributed by atoms with Gasteiger partial charge in [-0.25, -0.2) is 4.68 Å². The van der Waals surface area contributed by atoms with Gasteiger partial charge in [0.15, 0.2) is 0 Å². The van der Waals surface area contributed by atoms with E-state index in [9.17, 15) is 5.11 Å². The van der Waals surface area contributed by atoms with Crippen molar-refractivity contribution in [2.45, 2.75) is 19.6 Å². The third-order valence-electron chi connectivity index (χ3n) is 2.24. The van der Waals surface area contributed by atoms with Crippen LogP contribution in [0.4, 0.5) is 0 Å². The van der Waals surface area contributed by atoms with Crippen molar-refractivity contribution in [2.24, 2.45) is 0 Å². The van der Waals surface area contributed by atoms with Crippen LogP contribution in [0.25, 0.3) is 0 Å². The van der Waals surface area contributed by atoms with Crippen LogP contribution in [-0.4, -0.2) is 20.1 Å². The van der Waals surface area contributed by atoms with Crippen molar-refractivity contribution >= 4 is 11.6 Å². The summed E-state index contributed by atoms with van der Waals surface area (Å²) < 4.78 is 1.69. The molecule has 0 radical (unpaired) electrons. The van der Waals surface area contributed by atoms with Crippen LogP contribution in [-0.2, 0) is 6.54 Å². The first kappa shape index (κ1) is 11.1. The zero-order valence-electron chi connectivity index (χ0n) is 8.84. The van der Waals surface area contributed by atoms with E-state index in [1.165, 1.54) is 0 Å². The van der Waals surface area contributed by atoms with Crippen molar-refractivity contribution in [1.82, 2.24) is 15.0 Å². The van der Waals surface area contributed by atoms with Gasteiger partial charge in [0.1, 0.15) is 5.69 Å². The second-order valence-electron chi connectivity index (χ2n) is 3.64. The molecular formula is C11H12ClN3O. The van der Waals surface area contributed by atoms with Crippen LogP contribution in [0.1, 0.15) is 24.3 Å². The molecule has 16 heavy (non-hydrogen) atoms. The van der Waals surface area contributed by atoms with Gasteiger partial charge < -0.3 is 5.11 Å². The summed E-state index contributed by atoms with van der Waals surface area (Å²) in [5, 5.41) is 17.8. The van der Waals surface area contributed by atoms with Crippen molar-refractivity contribution in [3.63, 3.8) is 0 Å². The molecule has 0 saturated heterocycles. The summed E-state index contributed by atoms with van der Waals surface area (Å²) >= 11 is 5.79. The smallest absolute Gasteiger partial charge is 0.111 e. The number of halogens is 1. The van der Waals surface area contributed by atoms with E-state index < -0.39 is 6.10 Å². The maximum atomic E-state index is 9.31. The Morgan fingerprint density at radius 3 is 2.62 bits per heavy atom. The first-order chi connectivity index (χ1) is 7.65. The zero-order valence-corrected chi connectivity index (χ0v) is 9.59. The number of aromatic nitrogens is 3. The highest BCUT2D eigenvalue weighted by Crippen LogP contribution is 2.11. The second-order valence-corrected chi connectivity index (χ2v) is 4.08. The molecule has 2 rings (SSSR count). The standard InChI is InChI=1S/C11H12ClN3O/c1-8(16)11-7-15(14-13-11)6-9-2-4-10(12)5-3-9/h2-5,7-8,16H,6H2,1H3/t8-/m0/s1. The van der Waals surface area contributed by atoms with Gasteiger partial charge in [-0.15, -0.1) is 5.10 Å². The van der Waals surface area contributed by atoms with Crippen LogP contribution in [0, 0.1) is 0 Å². The van der Waals surface area contributed by atoms with Gasteiger partial charge in [-0.2, -0.15) is 0 Å². The third-order valence-corrected chi connectivity index (χ3v) is 2.49. The Morgan fingerprint density at radius 1 is 1.38 bits per heavy atom. The Hall–Kier alpha value is -1.39. The highest BCUT2D eigenvalue weighted by atomic mass is 35.5. The third kappa shape index (κ3) is 2.59. The quantitative estimate of drug-likeness (QED) is 0.889. The molecule has 0 fully saturated rings. The molecule has 1 aromatic heterocycles. The van der Waals surface area contributed by atoms with Gasteiger partial charge in [0, 0.05) is 5.02 Å². The molecule has 0 aliphatic carbocycles. The van der Waals surface area contributed by atoms with Crippen molar-refractivity contribution in [3.05, 3.63) is 46.7 Å². The highest BCUT2D eigenvalue weighted by Gasteiger charge is 2.06. The molecule has 84 valence electrons. The second kappa shape index (κ2) is 4.63. The minimum atomic E-state index is -0.584. The number of hydrogen-bond acceptors (Lipinski definition) is 3. The van der Waals surface area contributed by atoms with E-state index in [0.717, 1.165) is 5.56 Å². The van der Waals surface area contributed by atoms with Crippen molar-refractivity contribution in [2.75, 3.05) is 0 Å². The van der Waals surface area contributed by atoms with E-state index in [0.29, 0.717) is 17.3 Å². The van der Waals surface area contributed by atoms with Gasteiger partial charge in [0.2, 0.25) is 0 Å². The molecular weight excluding hydrogens is 226 g/mol. The lowest BCUT2D eigenvalue weighted by Crippen LogP contribution is -2.00. The van der Waals surface area contributed by atoms with E-state index in [-0.39, 0.29) is 0 Å². The summed E-state index contributed by atoms with van der Waals surface area (Å²) in [6.07, 6.45) is 1.15. The molecule has 0 bridgehead atoms. The predicted molar refractivity (Wildman–Crippen MR) is 61.2 cm³/mol. The summed E-state index contributed by atoms with van der Waals surface area (Å²) in [6.45, 7) is 2.29. The van der Waals surface area contributed by atoms with Crippen LogP contribution in [0.2, 0.25) is 5.02 Å². The van der Waals surface area contributed by atoms with Crippen molar-refractivity contribution in [3.8, 4) is 0 Å². The number of rotatable bonds is 3. The van der Waals surface area contributed by atoms with Gasteiger partial charge in [-0.05, 0) is 24.6 Å². The Balaban J connectivity index is 2.11. The maximum Gasteiger partial charge on any atom is 0.111 e. The Bertz CT molecular complexity index is 464. The lowest BCUT2D eigenvalue weighted by atomic mass is 10.2. The van der Waals surface area contributed by atoms with Crippen LogP contribution < -0.4 is 0 Å². The van der Waals surface area contributed by atoms with Gasteiger partial charge >= 0.3 is 0 Å². The van der Waals surface area contributed by atoms with E-state index >= 15 is 0 Å². The first-order valence-electron chi connectivity index (χ1n) is 4.97. The molecule has 0 aliphatic heterocycles. The molecule has 0 unspecified atom stereocenters. The van der Waals surface area contributed by atoms with Gasteiger partial charge in [-0.1, -0.05) is 28.9 Å². The number of hydrogen-bond donors (Lipinski definition) is 1. The summed E-state index contributed by atoms with van der Waals surface area (Å²) in [7, 11) is 0. The van der Waals surface area contributed by atoms with E-state index in [4.69, 9.17) is 11.6 Å². The molecule has 2 aromatic rings. The Labute approximate surface area is 98.5 Å². The fraction of sp³-hybridized carbons (Fsp3) is 0.273. The van der Waals surface area contributed by atoms with E-state index in [1.54, 1.807) is 17.8 Å². The highest BCUT2D eigenvalue weighted by molar-refractivity contribution is 6.30. The Morgan fingerprint density at radius 2 is 2.06 bits per heavy atom. The summed E-state index contributed by atoms with van der Waals surface area (Å²) in [5.41, 5.74) is 1.67. The number of aliphatic hydroxyl groups excluding tert-OH is 1. The zero-order chi connectivity index (χ0) is 11.5. The fourth-order valence-electron chi connectivity index (χ4n) is 1.36. The summed E-state index contributed by atoms with van der Waals surface area (Å²) in [4.78, 5) is 0. The molecule has 1 atom stereocenters. The topological polar surface area (TPSA) is 50.9 Å². The minimum Gasteiger partial charge on any atom is -0.387 e. The molecule has 0 amide bonds. The van der Waals surface area contributed by atoms with Gasteiger partial charge in [0.05, 0.1) is 18.8 Å². The van der Waals surface area contributed by atoms with Gasteiger partial charge in [0.25, 0.3) is 0 Å². The fourth-order valence-corrected chi connectivity index (χ4v) is 1.48. The summed E-state index contributed by atoms with van der Waals surface area (Å²) in [5.74, 6) is 0. The van der Waals surface area contributed by atoms with Crippen LogP contribution in [0.15, 0.2) is 30.5 Å². The normalized spacial score (nSPS) is 12.7. The van der Waals surface area contributed by atoms with E-state index in [1.807, 2.05) is 24.3 Å². The molecule has 1 heterocycles. The summed E-state index contributed by atoms with van der Waals surface area (Å²) in [6, 6.07) is 7.55. The van der Waals surface area contributed by atoms with E-state index in [2.05, 4.69) is 10.3 Å². The monoisotopic (exact) mass is 237 g/mol.